The van der Waals surface area contributed by atoms with Gasteiger partial charge in [-0.1, -0.05) is 6.92 Å². The predicted octanol–water partition coefficient (Wildman–Crippen LogP) is 0.581. The van der Waals surface area contributed by atoms with Gasteiger partial charge < -0.3 is 5.11 Å². The Labute approximate surface area is 73.7 Å². The van der Waals surface area contributed by atoms with E-state index >= 15 is 0 Å². The minimum atomic E-state index is -3.05. The van der Waals surface area contributed by atoms with Gasteiger partial charge in [-0.05, 0) is 25.7 Å². The van der Waals surface area contributed by atoms with Gasteiger partial charge in [-0.2, -0.15) is 0 Å². The molecule has 0 aromatic heterocycles. The smallest absolute Gasteiger partial charge is 0.155 e. The summed E-state index contributed by atoms with van der Waals surface area (Å²) in [7, 11) is -3.05. The van der Waals surface area contributed by atoms with Crippen LogP contribution >= 0.6 is 0 Å². The van der Waals surface area contributed by atoms with Crippen LogP contribution in [0, 0.1) is 5.92 Å². The second-order valence-corrected chi connectivity index (χ2v) is 6.13. The summed E-state index contributed by atoms with van der Waals surface area (Å²) < 4.78 is 22.6. The van der Waals surface area contributed by atoms with Gasteiger partial charge >= 0.3 is 0 Å². The van der Waals surface area contributed by atoms with Crippen molar-refractivity contribution in [1.29, 1.82) is 0 Å². The molecule has 0 bridgehead atoms. The Morgan fingerprint density at radius 2 is 2.00 bits per heavy atom. The van der Waals surface area contributed by atoms with Crippen LogP contribution in [0.3, 0.4) is 0 Å². The van der Waals surface area contributed by atoms with Gasteiger partial charge in [0.25, 0.3) is 0 Å². The average Bonchev–Trinajstić information content (AvgIpc) is 2.84. The first kappa shape index (κ1) is 9.99. The molecule has 0 aromatic carbocycles. The molecular weight excluding hydrogens is 176 g/mol. The summed E-state index contributed by atoms with van der Waals surface area (Å²) in [5, 5.41) is 8.96. The maximum atomic E-state index is 11.3. The van der Waals surface area contributed by atoms with Crippen molar-refractivity contribution >= 4 is 9.84 Å². The normalized spacial score (nSPS) is 23.6. The zero-order chi connectivity index (χ0) is 9.35. The van der Waals surface area contributed by atoms with Gasteiger partial charge in [0.05, 0.1) is 11.4 Å². The molecule has 0 aromatic rings. The number of aliphatic hydroxyl groups is 1. The maximum absolute atomic E-state index is 11.3. The monoisotopic (exact) mass is 192 g/mol. The van der Waals surface area contributed by atoms with E-state index in [-0.39, 0.29) is 11.7 Å². The van der Waals surface area contributed by atoms with Crippen LogP contribution in [0.25, 0.3) is 0 Å². The van der Waals surface area contributed by atoms with Crippen molar-refractivity contribution in [3.63, 3.8) is 0 Å². The third kappa shape index (κ3) is 1.98. The van der Waals surface area contributed by atoms with E-state index in [9.17, 15) is 13.5 Å². The van der Waals surface area contributed by atoms with Crippen LogP contribution in [-0.2, 0) is 9.84 Å². The predicted molar refractivity (Wildman–Crippen MR) is 47.7 cm³/mol. The molecule has 1 rings (SSSR count). The van der Waals surface area contributed by atoms with E-state index in [4.69, 9.17) is 0 Å². The first-order valence-corrected chi connectivity index (χ1v) is 6.10. The molecule has 1 fully saturated rings. The number of rotatable bonds is 4. The molecule has 2 atom stereocenters. The number of aliphatic hydroxyl groups excluding tert-OH is 1. The molecular formula is C8H16O3S. The Hall–Kier alpha value is -0.0900. The second kappa shape index (κ2) is 3.34. The van der Waals surface area contributed by atoms with Gasteiger partial charge in [-0.3, -0.25) is 0 Å². The first-order valence-electron chi connectivity index (χ1n) is 4.38. The molecule has 1 aliphatic rings. The van der Waals surface area contributed by atoms with Crippen LogP contribution in [0.4, 0.5) is 0 Å². The van der Waals surface area contributed by atoms with Gasteiger partial charge in [-0.15, -0.1) is 0 Å². The van der Waals surface area contributed by atoms with E-state index in [1.807, 2.05) is 0 Å². The molecule has 3 nitrogen and oxygen atoms in total. The summed E-state index contributed by atoms with van der Waals surface area (Å²) >= 11 is 0. The molecule has 0 aliphatic heterocycles. The summed E-state index contributed by atoms with van der Waals surface area (Å²) in [5.74, 6) is 0.360. The molecule has 4 heteroatoms. The van der Waals surface area contributed by atoms with Crippen molar-refractivity contribution in [2.24, 2.45) is 5.92 Å². The Kier molecular flexibility index (Phi) is 2.78. The maximum Gasteiger partial charge on any atom is 0.155 e. The Morgan fingerprint density at radius 3 is 2.33 bits per heavy atom. The van der Waals surface area contributed by atoms with Crippen LogP contribution in [0.2, 0.25) is 0 Å². The molecule has 72 valence electrons. The summed E-state index contributed by atoms with van der Waals surface area (Å²) in [6, 6.07) is 0. The highest BCUT2D eigenvalue weighted by Crippen LogP contribution is 2.35. The summed E-state index contributed by atoms with van der Waals surface area (Å²) in [5.41, 5.74) is 0. The topological polar surface area (TPSA) is 54.4 Å². The molecule has 1 N–H and O–H groups in total. The molecule has 0 spiro atoms. The van der Waals surface area contributed by atoms with Crippen LogP contribution < -0.4 is 0 Å². The highest BCUT2D eigenvalue weighted by molar-refractivity contribution is 7.92. The van der Waals surface area contributed by atoms with Gasteiger partial charge in [0, 0.05) is 5.75 Å². The molecule has 0 amide bonds. The fourth-order valence-corrected chi connectivity index (χ4v) is 2.47. The largest absolute Gasteiger partial charge is 0.392 e. The van der Waals surface area contributed by atoms with Crippen molar-refractivity contribution in [2.75, 3.05) is 5.75 Å². The minimum Gasteiger partial charge on any atom is -0.392 e. The van der Waals surface area contributed by atoms with Gasteiger partial charge in [0.1, 0.15) is 0 Å². The Balaban J connectivity index is 2.62. The standard InChI is InChI=1S/C8H16O3S/c1-3-12(10,11)6(2)8(9)7-4-5-7/h6-9H,3-5H2,1-2H3/t6-,8-/m1/s1. The van der Waals surface area contributed by atoms with Crippen molar-refractivity contribution in [3.05, 3.63) is 0 Å². The van der Waals surface area contributed by atoms with Gasteiger partial charge in [0.2, 0.25) is 0 Å². The highest BCUT2D eigenvalue weighted by atomic mass is 32.2. The molecule has 0 unspecified atom stereocenters. The lowest BCUT2D eigenvalue weighted by atomic mass is 10.2. The zero-order valence-electron chi connectivity index (χ0n) is 7.53. The number of sulfone groups is 1. The van der Waals surface area contributed by atoms with Crippen LogP contribution in [0.1, 0.15) is 26.7 Å². The fourth-order valence-electron chi connectivity index (χ4n) is 1.30. The minimum absolute atomic E-state index is 0.123. The van der Waals surface area contributed by atoms with Crippen molar-refractivity contribution in [1.82, 2.24) is 0 Å². The van der Waals surface area contributed by atoms with Crippen molar-refractivity contribution < 1.29 is 13.5 Å². The van der Waals surface area contributed by atoms with E-state index in [1.165, 1.54) is 0 Å². The van der Waals surface area contributed by atoms with Gasteiger partial charge in [-0.25, -0.2) is 8.42 Å². The second-order valence-electron chi connectivity index (χ2n) is 3.48. The van der Waals surface area contributed by atoms with Crippen LogP contribution in [0.15, 0.2) is 0 Å². The van der Waals surface area contributed by atoms with Gasteiger partial charge in [0.15, 0.2) is 9.84 Å². The molecule has 1 aliphatic carbocycles. The lowest BCUT2D eigenvalue weighted by Gasteiger charge is -2.17. The molecule has 0 radical (unpaired) electrons. The van der Waals surface area contributed by atoms with E-state index in [2.05, 4.69) is 0 Å². The number of hydrogen-bond acceptors (Lipinski definition) is 3. The third-order valence-electron chi connectivity index (χ3n) is 2.55. The lowest BCUT2D eigenvalue weighted by molar-refractivity contribution is 0.149. The Bertz CT molecular complexity index is 241. The van der Waals surface area contributed by atoms with Crippen LogP contribution in [0.5, 0.6) is 0 Å². The van der Waals surface area contributed by atoms with E-state index < -0.39 is 21.2 Å². The zero-order valence-corrected chi connectivity index (χ0v) is 8.34. The van der Waals surface area contributed by atoms with Crippen molar-refractivity contribution in [2.45, 2.75) is 38.0 Å². The number of hydrogen-bond donors (Lipinski definition) is 1. The fraction of sp³-hybridized carbons (Fsp3) is 1.00. The summed E-state index contributed by atoms with van der Waals surface area (Å²) in [4.78, 5) is 0. The lowest BCUT2D eigenvalue weighted by Crippen LogP contribution is -2.33. The van der Waals surface area contributed by atoms with E-state index in [1.54, 1.807) is 13.8 Å². The highest BCUT2D eigenvalue weighted by Gasteiger charge is 2.38. The molecule has 0 heterocycles. The molecule has 0 saturated heterocycles. The molecule has 12 heavy (non-hydrogen) atoms. The van der Waals surface area contributed by atoms with E-state index in [0.717, 1.165) is 12.8 Å². The van der Waals surface area contributed by atoms with E-state index in [0.29, 0.717) is 0 Å². The average molecular weight is 192 g/mol. The molecule has 1 saturated carbocycles. The van der Waals surface area contributed by atoms with Crippen molar-refractivity contribution in [3.8, 4) is 0 Å². The third-order valence-corrected chi connectivity index (χ3v) is 4.77. The Morgan fingerprint density at radius 1 is 1.50 bits per heavy atom. The van der Waals surface area contributed by atoms with Crippen LogP contribution in [-0.4, -0.2) is 30.6 Å². The first-order chi connectivity index (χ1) is 5.49. The quantitative estimate of drug-likeness (QED) is 0.709. The summed E-state index contributed by atoms with van der Waals surface area (Å²) in [6.45, 7) is 3.22. The SMILES string of the molecule is CCS(=O)(=O)[C@H](C)[C@@H](O)C1CC1. The summed E-state index contributed by atoms with van der Waals surface area (Å²) in [6.07, 6.45) is 1.31.